The van der Waals surface area contributed by atoms with E-state index in [2.05, 4.69) is 55.5 Å². The molecule has 2 aromatic carbocycles. The normalized spacial score (nSPS) is 10.9. The Kier molecular flexibility index (Phi) is 4.00. The fourth-order valence-corrected chi connectivity index (χ4v) is 1.76. The number of aryl methyl sites for hydroxylation is 1. The van der Waals surface area contributed by atoms with Crippen LogP contribution in [-0.2, 0) is 6.42 Å². The van der Waals surface area contributed by atoms with Crippen LogP contribution in [0.4, 0.5) is 0 Å². The summed E-state index contributed by atoms with van der Waals surface area (Å²) in [7, 11) is 0. The highest BCUT2D eigenvalue weighted by Gasteiger charge is 1.90. The summed E-state index contributed by atoms with van der Waals surface area (Å²) in [6.45, 7) is 2.10. The molecule has 0 saturated heterocycles. The van der Waals surface area contributed by atoms with E-state index >= 15 is 0 Å². The zero-order valence-electron chi connectivity index (χ0n) is 9.86. The van der Waals surface area contributed by atoms with Crippen LogP contribution in [0, 0.1) is 6.92 Å². The van der Waals surface area contributed by atoms with E-state index in [4.69, 9.17) is 11.6 Å². The van der Waals surface area contributed by atoms with Crippen molar-refractivity contribution in [1.29, 1.82) is 0 Å². The molecule has 0 spiro atoms. The van der Waals surface area contributed by atoms with Gasteiger partial charge < -0.3 is 0 Å². The van der Waals surface area contributed by atoms with Crippen molar-refractivity contribution in [2.24, 2.45) is 0 Å². The zero-order valence-corrected chi connectivity index (χ0v) is 10.6. The summed E-state index contributed by atoms with van der Waals surface area (Å²) in [6.07, 6.45) is 5.26. The summed E-state index contributed by atoms with van der Waals surface area (Å²) in [5.74, 6) is 0. The van der Waals surface area contributed by atoms with E-state index in [0.717, 1.165) is 11.4 Å². The Morgan fingerprint density at radius 2 is 1.59 bits per heavy atom. The molecule has 0 amide bonds. The number of hydrogen-bond donors (Lipinski definition) is 0. The molecule has 0 heterocycles. The number of hydrogen-bond acceptors (Lipinski definition) is 0. The SMILES string of the molecule is Cc1ccc(/C=C/Cc2ccc(Cl)cc2)cc1. The van der Waals surface area contributed by atoms with E-state index < -0.39 is 0 Å². The molecule has 0 radical (unpaired) electrons. The monoisotopic (exact) mass is 242 g/mol. The maximum Gasteiger partial charge on any atom is 0.0406 e. The molecule has 0 saturated carbocycles. The average molecular weight is 243 g/mol. The van der Waals surface area contributed by atoms with E-state index in [1.54, 1.807) is 0 Å². The van der Waals surface area contributed by atoms with Crippen LogP contribution >= 0.6 is 11.6 Å². The summed E-state index contributed by atoms with van der Waals surface area (Å²) in [5.41, 5.74) is 3.81. The van der Waals surface area contributed by atoms with Crippen molar-refractivity contribution in [2.45, 2.75) is 13.3 Å². The first-order valence-corrected chi connectivity index (χ1v) is 6.09. The van der Waals surface area contributed by atoms with E-state index in [-0.39, 0.29) is 0 Å². The second-order valence-electron chi connectivity index (χ2n) is 4.14. The van der Waals surface area contributed by atoms with Crippen molar-refractivity contribution < 1.29 is 0 Å². The number of benzene rings is 2. The van der Waals surface area contributed by atoms with Crippen molar-refractivity contribution in [3.05, 3.63) is 76.3 Å². The van der Waals surface area contributed by atoms with Crippen molar-refractivity contribution in [3.8, 4) is 0 Å². The average Bonchev–Trinajstić information content (AvgIpc) is 2.34. The molecule has 0 aliphatic rings. The van der Waals surface area contributed by atoms with Crippen molar-refractivity contribution in [2.75, 3.05) is 0 Å². The van der Waals surface area contributed by atoms with Crippen LogP contribution in [0.5, 0.6) is 0 Å². The summed E-state index contributed by atoms with van der Waals surface area (Å²) in [5, 5.41) is 0.788. The molecule has 17 heavy (non-hydrogen) atoms. The Balaban J connectivity index is 1.97. The highest BCUT2D eigenvalue weighted by molar-refractivity contribution is 6.30. The molecule has 0 aromatic heterocycles. The van der Waals surface area contributed by atoms with Gasteiger partial charge in [0, 0.05) is 5.02 Å². The minimum Gasteiger partial charge on any atom is -0.0843 e. The van der Waals surface area contributed by atoms with Gasteiger partial charge >= 0.3 is 0 Å². The molecule has 0 aliphatic carbocycles. The third-order valence-corrected chi connectivity index (χ3v) is 2.91. The summed E-state index contributed by atoms with van der Waals surface area (Å²) in [6, 6.07) is 16.5. The summed E-state index contributed by atoms with van der Waals surface area (Å²) >= 11 is 5.84. The standard InChI is InChI=1S/C16H15Cl/c1-13-5-7-14(8-6-13)3-2-4-15-9-11-16(17)12-10-15/h2-3,5-12H,4H2,1H3/b3-2+. The quantitative estimate of drug-likeness (QED) is 0.718. The highest BCUT2D eigenvalue weighted by atomic mass is 35.5. The molecule has 0 unspecified atom stereocenters. The van der Waals surface area contributed by atoms with Gasteiger partial charge in [0.05, 0.1) is 0 Å². The molecule has 0 aliphatic heterocycles. The molecule has 2 aromatic rings. The van der Waals surface area contributed by atoms with Crippen molar-refractivity contribution in [3.63, 3.8) is 0 Å². The second-order valence-corrected chi connectivity index (χ2v) is 4.58. The minimum absolute atomic E-state index is 0.788. The molecule has 0 bridgehead atoms. The number of allylic oxidation sites excluding steroid dienone is 1. The fourth-order valence-electron chi connectivity index (χ4n) is 1.63. The van der Waals surface area contributed by atoms with Crippen LogP contribution < -0.4 is 0 Å². The van der Waals surface area contributed by atoms with Crippen LogP contribution in [0.25, 0.3) is 6.08 Å². The van der Waals surface area contributed by atoms with Gasteiger partial charge in [-0.05, 0) is 36.6 Å². The number of rotatable bonds is 3. The first kappa shape index (κ1) is 11.9. The number of halogens is 1. The smallest absolute Gasteiger partial charge is 0.0406 e. The molecular weight excluding hydrogens is 228 g/mol. The lowest BCUT2D eigenvalue weighted by molar-refractivity contribution is 1.28. The lowest BCUT2D eigenvalue weighted by atomic mass is 10.1. The van der Waals surface area contributed by atoms with Gasteiger partial charge in [0.15, 0.2) is 0 Å². The van der Waals surface area contributed by atoms with Crippen LogP contribution in [-0.4, -0.2) is 0 Å². The van der Waals surface area contributed by atoms with Crippen molar-refractivity contribution >= 4 is 17.7 Å². The summed E-state index contributed by atoms with van der Waals surface area (Å²) < 4.78 is 0. The van der Waals surface area contributed by atoms with Gasteiger partial charge in [-0.15, -0.1) is 0 Å². The topological polar surface area (TPSA) is 0 Å². The van der Waals surface area contributed by atoms with Gasteiger partial charge in [-0.1, -0.05) is 65.7 Å². The minimum atomic E-state index is 0.788. The van der Waals surface area contributed by atoms with E-state index in [1.165, 1.54) is 16.7 Å². The Hall–Kier alpha value is -1.53. The van der Waals surface area contributed by atoms with Gasteiger partial charge in [0.1, 0.15) is 0 Å². The largest absolute Gasteiger partial charge is 0.0843 e. The third-order valence-electron chi connectivity index (χ3n) is 2.65. The Labute approximate surface area is 108 Å². The predicted molar refractivity (Wildman–Crippen MR) is 75.4 cm³/mol. The Morgan fingerprint density at radius 1 is 0.941 bits per heavy atom. The molecule has 86 valence electrons. The third kappa shape index (κ3) is 3.76. The zero-order chi connectivity index (χ0) is 12.1. The van der Waals surface area contributed by atoms with E-state index in [0.29, 0.717) is 0 Å². The molecule has 0 atom stereocenters. The van der Waals surface area contributed by atoms with Crippen molar-refractivity contribution in [1.82, 2.24) is 0 Å². The van der Waals surface area contributed by atoms with Crippen LogP contribution in [0.2, 0.25) is 5.02 Å². The molecule has 0 fully saturated rings. The second kappa shape index (κ2) is 5.70. The molecule has 1 heteroatoms. The van der Waals surface area contributed by atoms with Crippen LogP contribution in [0.3, 0.4) is 0 Å². The van der Waals surface area contributed by atoms with Gasteiger partial charge in [-0.3, -0.25) is 0 Å². The maximum atomic E-state index is 5.84. The van der Waals surface area contributed by atoms with Gasteiger partial charge in [0.25, 0.3) is 0 Å². The molecular formula is C16H15Cl. The van der Waals surface area contributed by atoms with Crippen LogP contribution in [0.1, 0.15) is 16.7 Å². The van der Waals surface area contributed by atoms with Gasteiger partial charge in [-0.2, -0.15) is 0 Å². The molecule has 0 N–H and O–H groups in total. The Morgan fingerprint density at radius 3 is 2.24 bits per heavy atom. The van der Waals surface area contributed by atoms with Crippen LogP contribution in [0.15, 0.2) is 54.6 Å². The molecule has 2 rings (SSSR count). The van der Waals surface area contributed by atoms with Gasteiger partial charge in [-0.25, -0.2) is 0 Å². The Bertz CT molecular complexity index is 492. The lowest BCUT2D eigenvalue weighted by Crippen LogP contribution is -1.80. The maximum absolute atomic E-state index is 5.84. The first-order valence-electron chi connectivity index (χ1n) is 5.72. The first-order chi connectivity index (χ1) is 8.24. The summed E-state index contributed by atoms with van der Waals surface area (Å²) in [4.78, 5) is 0. The lowest BCUT2D eigenvalue weighted by Gasteiger charge is -1.97. The predicted octanol–water partition coefficient (Wildman–Crippen LogP) is 4.90. The van der Waals surface area contributed by atoms with E-state index in [1.807, 2.05) is 12.1 Å². The van der Waals surface area contributed by atoms with E-state index in [9.17, 15) is 0 Å². The highest BCUT2D eigenvalue weighted by Crippen LogP contribution is 2.11. The molecule has 0 nitrogen and oxygen atoms in total. The fraction of sp³-hybridized carbons (Fsp3) is 0.125. The van der Waals surface area contributed by atoms with Gasteiger partial charge in [0.2, 0.25) is 0 Å².